The van der Waals surface area contributed by atoms with E-state index in [9.17, 15) is 17.4 Å². The SMILES string of the molecule is Cc1[nH]c([C@H](Nc2ncc(F)cc2F)c2ccc(F)c(Cl)c2)nc1[S@@](C)=O. The minimum Gasteiger partial charge on any atom is -0.354 e. The van der Waals surface area contributed by atoms with Crippen LogP contribution in [0.5, 0.6) is 0 Å². The van der Waals surface area contributed by atoms with Crippen molar-refractivity contribution in [2.45, 2.75) is 18.0 Å². The molecule has 5 nitrogen and oxygen atoms in total. The maximum Gasteiger partial charge on any atom is 0.168 e. The van der Waals surface area contributed by atoms with E-state index in [-0.39, 0.29) is 10.8 Å². The molecule has 2 atom stereocenters. The molecule has 0 aliphatic heterocycles. The van der Waals surface area contributed by atoms with Gasteiger partial charge in [-0.3, -0.25) is 4.21 Å². The van der Waals surface area contributed by atoms with Crippen LogP contribution in [0.25, 0.3) is 0 Å². The normalized spacial score (nSPS) is 13.4. The lowest BCUT2D eigenvalue weighted by Crippen LogP contribution is -2.16. The number of hydrogen-bond donors (Lipinski definition) is 2. The van der Waals surface area contributed by atoms with Crippen molar-refractivity contribution in [1.82, 2.24) is 15.0 Å². The summed E-state index contributed by atoms with van der Waals surface area (Å²) in [7, 11) is -1.35. The molecule has 0 aliphatic rings. The van der Waals surface area contributed by atoms with E-state index in [0.717, 1.165) is 12.3 Å². The van der Waals surface area contributed by atoms with Crippen LogP contribution in [0.15, 0.2) is 35.5 Å². The third kappa shape index (κ3) is 4.14. The van der Waals surface area contributed by atoms with Gasteiger partial charge in [0.1, 0.15) is 28.5 Å². The maximum absolute atomic E-state index is 14.1. The number of rotatable bonds is 5. The Hall–Kier alpha value is -2.39. The predicted octanol–water partition coefficient (Wildman–Crippen LogP) is 4.12. The summed E-state index contributed by atoms with van der Waals surface area (Å²) in [6.07, 6.45) is 2.34. The summed E-state index contributed by atoms with van der Waals surface area (Å²) in [6.45, 7) is 1.69. The maximum atomic E-state index is 14.1. The molecule has 3 aromatic rings. The van der Waals surface area contributed by atoms with Gasteiger partial charge in [0.25, 0.3) is 0 Å². The highest BCUT2D eigenvalue weighted by Gasteiger charge is 2.23. The van der Waals surface area contributed by atoms with Crippen LogP contribution in [0.2, 0.25) is 5.02 Å². The van der Waals surface area contributed by atoms with Crippen LogP contribution in [0.1, 0.15) is 23.1 Å². The van der Waals surface area contributed by atoms with Crippen molar-refractivity contribution >= 4 is 28.2 Å². The van der Waals surface area contributed by atoms with E-state index in [0.29, 0.717) is 28.2 Å². The smallest absolute Gasteiger partial charge is 0.168 e. The summed E-state index contributed by atoms with van der Waals surface area (Å²) >= 11 is 5.87. The first-order valence-corrected chi connectivity index (χ1v) is 9.62. The van der Waals surface area contributed by atoms with Gasteiger partial charge in [0, 0.05) is 18.0 Å². The van der Waals surface area contributed by atoms with Gasteiger partial charge in [-0.05, 0) is 24.6 Å². The van der Waals surface area contributed by atoms with Crippen LogP contribution in [-0.4, -0.2) is 25.4 Å². The van der Waals surface area contributed by atoms with Gasteiger partial charge in [0.2, 0.25) is 0 Å². The zero-order valence-corrected chi connectivity index (χ0v) is 15.8. The summed E-state index contributed by atoms with van der Waals surface area (Å²) in [5, 5.41) is 3.01. The van der Waals surface area contributed by atoms with Gasteiger partial charge < -0.3 is 10.3 Å². The van der Waals surface area contributed by atoms with Crippen LogP contribution in [-0.2, 0) is 10.8 Å². The van der Waals surface area contributed by atoms with Crippen molar-refractivity contribution in [2.75, 3.05) is 11.6 Å². The lowest BCUT2D eigenvalue weighted by Gasteiger charge is -2.18. The topological polar surface area (TPSA) is 70.7 Å². The lowest BCUT2D eigenvalue weighted by atomic mass is 10.1. The van der Waals surface area contributed by atoms with E-state index < -0.39 is 34.3 Å². The molecule has 0 spiro atoms. The van der Waals surface area contributed by atoms with Gasteiger partial charge >= 0.3 is 0 Å². The van der Waals surface area contributed by atoms with Crippen LogP contribution < -0.4 is 5.32 Å². The minimum absolute atomic E-state index is 0.130. The number of anilines is 1. The lowest BCUT2D eigenvalue weighted by molar-refractivity contribution is 0.574. The monoisotopic (exact) mass is 414 g/mol. The fourth-order valence-electron chi connectivity index (χ4n) is 2.54. The van der Waals surface area contributed by atoms with Crippen molar-refractivity contribution < 1.29 is 17.4 Å². The number of halogens is 4. The quantitative estimate of drug-likeness (QED) is 0.658. The van der Waals surface area contributed by atoms with Gasteiger partial charge in [0.05, 0.1) is 22.0 Å². The van der Waals surface area contributed by atoms with Crippen molar-refractivity contribution in [3.63, 3.8) is 0 Å². The van der Waals surface area contributed by atoms with Gasteiger partial charge in [-0.15, -0.1) is 0 Å². The Kier molecular flexibility index (Phi) is 5.52. The minimum atomic E-state index is -1.35. The molecule has 0 amide bonds. The molecular formula is C17H14ClF3N4OS. The number of hydrogen-bond acceptors (Lipinski definition) is 4. The summed E-state index contributed by atoms with van der Waals surface area (Å²) in [5.41, 5.74) is 1.02. The van der Waals surface area contributed by atoms with E-state index in [1.807, 2.05) is 0 Å². The van der Waals surface area contributed by atoms with Crippen LogP contribution in [0.4, 0.5) is 19.0 Å². The Balaban J connectivity index is 2.09. The zero-order chi connectivity index (χ0) is 19.7. The summed E-state index contributed by atoms with van der Waals surface area (Å²) in [4.78, 5) is 11.0. The van der Waals surface area contributed by atoms with E-state index >= 15 is 0 Å². The third-order valence-corrected chi connectivity index (χ3v) is 5.00. The number of H-pyrrole nitrogens is 1. The molecule has 1 aromatic carbocycles. The molecule has 27 heavy (non-hydrogen) atoms. The second-order valence-corrected chi connectivity index (χ2v) is 7.44. The first kappa shape index (κ1) is 19.4. The fraction of sp³-hybridized carbons (Fsp3) is 0.176. The number of aromatic amines is 1. The number of aryl methyl sites for hydroxylation is 1. The summed E-state index contributed by atoms with van der Waals surface area (Å²) in [6, 6.07) is 3.82. The molecule has 3 rings (SSSR count). The molecule has 0 saturated heterocycles. The Labute approximate surface area is 160 Å². The molecule has 0 bridgehead atoms. The number of nitrogens with zero attached hydrogens (tertiary/aromatic N) is 2. The van der Waals surface area contributed by atoms with E-state index in [1.165, 1.54) is 18.4 Å². The van der Waals surface area contributed by atoms with Gasteiger partial charge in [-0.25, -0.2) is 23.1 Å². The second kappa shape index (κ2) is 7.69. The fourth-order valence-corrected chi connectivity index (χ4v) is 3.44. The first-order valence-electron chi connectivity index (χ1n) is 7.68. The van der Waals surface area contributed by atoms with Gasteiger partial charge in [-0.1, -0.05) is 17.7 Å². The molecule has 2 N–H and O–H groups in total. The Bertz CT molecular complexity index is 1030. The van der Waals surface area contributed by atoms with E-state index in [4.69, 9.17) is 11.6 Å². The molecule has 142 valence electrons. The number of nitrogens with one attached hydrogen (secondary N) is 2. The largest absolute Gasteiger partial charge is 0.354 e. The van der Waals surface area contributed by atoms with Crippen molar-refractivity contribution in [3.05, 3.63) is 70.0 Å². The van der Waals surface area contributed by atoms with Gasteiger partial charge in [0.15, 0.2) is 11.6 Å². The van der Waals surface area contributed by atoms with Crippen LogP contribution in [0, 0.1) is 24.4 Å². The molecule has 0 saturated carbocycles. The highest BCUT2D eigenvalue weighted by molar-refractivity contribution is 7.84. The van der Waals surface area contributed by atoms with Crippen molar-refractivity contribution in [3.8, 4) is 0 Å². The number of pyridine rings is 1. The first-order chi connectivity index (χ1) is 12.8. The highest BCUT2D eigenvalue weighted by atomic mass is 35.5. The van der Waals surface area contributed by atoms with E-state index in [2.05, 4.69) is 20.3 Å². The molecule has 10 heteroatoms. The summed E-state index contributed by atoms with van der Waals surface area (Å²) in [5.74, 6) is -2.27. The molecule has 0 unspecified atom stereocenters. The Morgan fingerprint density at radius 1 is 1.22 bits per heavy atom. The van der Waals surface area contributed by atoms with Crippen LogP contribution >= 0.6 is 11.6 Å². The molecule has 0 fully saturated rings. The van der Waals surface area contributed by atoms with Crippen LogP contribution in [0.3, 0.4) is 0 Å². The zero-order valence-electron chi connectivity index (χ0n) is 14.2. The standard InChI is InChI=1S/C17H14ClF3N4OS/c1-8-17(27(2)26)25-16(23-8)14(9-3-4-12(20)11(18)5-9)24-15-13(21)6-10(19)7-22-15/h3-7,14H,1-2H3,(H,22,24)(H,23,25)/t14-,27-/m1/s1. The number of imidazole rings is 1. The highest BCUT2D eigenvalue weighted by Crippen LogP contribution is 2.29. The average Bonchev–Trinajstić information content (AvgIpc) is 2.98. The Morgan fingerprint density at radius 3 is 2.56 bits per heavy atom. The second-order valence-electron chi connectivity index (χ2n) is 5.74. The molecule has 0 aliphatic carbocycles. The molecule has 0 radical (unpaired) electrons. The Morgan fingerprint density at radius 2 is 1.96 bits per heavy atom. The average molecular weight is 415 g/mol. The van der Waals surface area contributed by atoms with Crippen molar-refractivity contribution in [1.29, 1.82) is 0 Å². The number of benzene rings is 1. The third-order valence-electron chi connectivity index (χ3n) is 3.77. The predicted molar refractivity (Wildman–Crippen MR) is 96.7 cm³/mol. The van der Waals surface area contributed by atoms with Crippen molar-refractivity contribution in [2.24, 2.45) is 0 Å². The molecular weight excluding hydrogens is 401 g/mol. The van der Waals surface area contributed by atoms with Gasteiger partial charge in [-0.2, -0.15) is 0 Å². The summed E-state index contributed by atoms with van der Waals surface area (Å²) < 4.78 is 52.6. The molecule has 2 aromatic heterocycles. The molecule has 2 heterocycles. The number of aromatic nitrogens is 3. The van der Waals surface area contributed by atoms with E-state index in [1.54, 1.807) is 6.92 Å².